The smallest absolute Gasteiger partial charge is 0.261 e. The Hall–Kier alpha value is -2.12. The Morgan fingerprint density at radius 3 is 2.04 bits per heavy atom. The van der Waals surface area contributed by atoms with Gasteiger partial charge in [0.15, 0.2) is 0 Å². The molecule has 2 aromatic carbocycles. The summed E-state index contributed by atoms with van der Waals surface area (Å²) in [5.41, 5.74) is 1.33. The average molecular weight is 366 g/mol. The Morgan fingerprint density at radius 2 is 1.54 bits per heavy atom. The molecule has 26 heavy (non-hydrogen) atoms. The second-order valence-corrected chi connectivity index (χ2v) is 6.93. The lowest BCUT2D eigenvalue weighted by atomic mass is 10.1. The molecule has 0 spiro atoms. The average Bonchev–Trinajstić information content (AvgIpc) is 3.05. The molecule has 0 bridgehead atoms. The van der Waals surface area contributed by atoms with E-state index in [0.717, 1.165) is 0 Å². The molecule has 0 radical (unpaired) electrons. The molecule has 1 unspecified atom stereocenters. The summed E-state index contributed by atoms with van der Waals surface area (Å²) < 4.78 is 55.7. The number of rotatable bonds is 4. The van der Waals surface area contributed by atoms with E-state index < -0.39 is 23.7 Å². The summed E-state index contributed by atoms with van der Waals surface area (Å²) in [7, 11) is 0. The highest BCUT2D eigenvalue weighted by molar-refractivity contribution is 6.08. The molecular formula is C19H18F4N2O. The molecule has 3 nitrogen and oxygen atoms in total. The van der Waals surface area contributed by atoms with Crippen LogP contribution in [-0.4, -0.2) is 46.2 Å². The summed E-state index contributed by atoms with van der Waals surface area (Å²) in [6, 6.07) is 8.45. The summed E-state index contributed by atoms with van der Waals surface area (Å²) in [6.07, 6.45) is -1.08. The predicted octanol–water partition coefficient (Wildman–Crippen LogP) is 3.77. The first-order chi connectivity index (χ1) is 12.3. The van der Waals surface area contributed by atoms with Crippen LogP contribution in [0.1, 0.15) is 6.42 Å². The van der Waals surface area contributed by atoms with E-state index >= 15 is 0 Å². The van der Waals surface area contributed by atoms with Crippen LogP contribution in [0.5, 0.6) is 0 Å². The molecule has 4 rings (SSSR count). The first-order valence-electron chi connectivity index (χ1n) is 8.48. The highest BCUT2D eigenvalue weighted by Gasteiger charge is 2.38. The fourth-order valence-electron chi connectivity index (χ4n) is 3.77. The van der Waals surface area contributed by atoms with E-state index in [2.05, 4.69) is 0 Å². The van der Waals surface area contributed by atoms with Crippen molar-refractivity contribution in [3.8, 4) is 0 Å². The van der Waals surface area contributed by atoms with E-state index in [-0.39, 0.29) is 32.6 Å². The quantitative estimate of drug-likeness (QED) is 0.712. The predicted molar refractivity (Wildman–Crippen MR) is 91.4 cm³/mol. The van der Waals surface area contributed by atoms with Gasteiger partial charge in [0.25, 0.3) is 5.92 Å². The molecule has 3 aromatic rings. The SMILES string of the molecule is OC(CN1CCC(F)(F)C1)Cn1c2ccc(F)cc2c2cc(F)ccc21. The Kier molecular flexibility index (Phi) is 4.16. The maximum absolute atomic E-state index is 13.7. The molecule has 7 heteroatoms. The summed E-state index contributed by atoms with van der Waals surface area (Å²) in [5.74, 6) is -3.57. The highest BCUT2D eigenvalue weighted by Crippen LogP contribution is 2.31. The zero-order chi connectivity index (χ0) is 18.5. The standard InChI is InChI=1S/C19H18F4N2O/c20-12-1-3-17-15(7-12)16-8-13(21)2-4-18(16)25(17)10-14(26)9-24-6-5-19(22,23)11-24/h1-4,7-8,14,26H,5-6,9-11H2. The van der Waals surface area contributed by atoms with Crippen molar-refractivity contribution in [2.45, 2.75) is 25.0 Å². The van der Waals surface area contributed by atoms with Crippen molar-refractivity contribution in [2.75, 3.05) is 19.6 Å². The first-order valence-corrected chi connectivity index (χ1v) is 8.48. The Morgan fingerprint density at radius 1 is 0.962 bits per heavy atom. The monoisotopic (exact) mass is 366 g/mol. The van der Waals surface area contributed by atoms with Gasteiger partial charge in [-0.3, -0.25) is 4.90 Å². The Bertz CT molecular complexity index is 910. The van der Waals surface area contributed by atoms with Gasteiger partial charge in [-0.25, -0.2) is 17.6 Å². The van der Waals surface area contributed by atoms with E-state index in [1.807, 2.05) is 0 Å². The van der Waals surface area contributed by atoms with Crippen LogP contribution in [0.3, 0.4) is 0 Å². The third-order valence-electron chi connectivity index (χ3n) is 4.90. The lowest BCUT2D eigenvalue weighted by Crippen LogP contribution is -2.34. The van der Waals surface area contributed by atoms with Crippen molar-refractivity contribution >= 4 is 21.8 Å². The maximum atomic E-state index is 13.7. The molecule has 1 saturated heterocycles. The van der Waals surface area contributed by atoms with Gasteiger partial charge in [0.2, 0.25) is 0 Å². The lowest BCUT2D eigenvalue weighted by Gasteiger charge is -2.21. The molecule has 2 heterocycles. The minimum Gasteiger partial charge on any atom is -0.390 e. The van der Waals surface area contributed by atoms with Crippen LogP contribution in [0.25, 0.3) is 21.8 Å². The topological polar surface area (TPSA) is 28.4 Å². The number of fused-ring (bicyclic) bond motifs is 3. The van der Waals surface area contributed by atoms with Crippen LogP contribution < -0.4 is 0 Å². The molecule has 1 aliphatic rings. The molecule has 1 aromatic heterocycles. The van der Waals surface area contributed by atoms with Crippen LogP contribution in [0.2, 0.25) is 0 Å². The number of aromatic nitrogens is 1. The van der Waals surface area contributed by atoms with E-state index in [0.29, 0.717) is 21.8 Å². The summed E-state index contributed by atoms with van der Waals surface area (Å²) in [4.78, 5) is 1.54. The van der Waals surface area contributed by atoms with Crippen molar-refractivity contribution in [1.29, 1.82) is 0 Å². The fraction of sp³-hybridized carbons (Fsp3) is 0.368. The second-order valence-electron chi connectivity index (χ2n) is 6.93. The van der Waals surface area contributed by atoms with Gasteiger partial charge in [0.05, 0.1) is 19.2 Å². The molecule has 1 N–H and O–H groups in total. The largest absolute Gasteiger partial charge is 0.390 e. The molecular weight excluding hydrogens is 348 g/mol. The van der Waals surface area contributed by atoms with E-state index in [9.17, 15) is 22.7 Å². The van der Waals surface area contributed by atoms with Gasteiger partial charge in [0.1, 0.15) is 11.6 Å². The van der Waals surface area contributed by atoms with Crippen molar-refractivity contribution < 1.29 is 22.7 Å². The van der Waals surface area contributed by atoms with Gasteiger partial charge in [0, 0.05) is 41.3 Å². The van der Waals surface area contributed by atoms with Crippen molar-refractivity contribution in [2.24, 2.45) is 0 Å². The number of hydrogen-bond acceptors (Lipinski definition) is 2. The molecule has 1 aliphatic heterocycles. The Balaban J connectivity index is 1.67. The molecule has 1 atom stereocenters. The number of alkyl halides is 2. The summed E-state index contributed by atoms with van der Waals surface area (Å²) in [5, 5.41) is 11.5. The van der Waals surface area contributed by atoms with Crippen LogP contribution in [0.4, 0.5) is 17.6 Å². The highest BCUT2D eigenvalue weighted by atomic mass is 19.3. The number of nitrogens with zero attached hydrogens (tertiary/aromatic N) is 2. The normalized spacial score (nSPS) is 18.8. The number of likely N-dealkylation sites (tertiary alicyclic amines) is 1. The van der Waals surface area contributed by atoms with Crippen molar-refractivity contribution in [1.82, 2.24) is 9.47 Å². The van der Waals surface area contributed by atoms with Crippen LogP contribution in [-0.2, 0) is 6.54 Å². The number of hydrogen-bond donors (Lipinski definition) is 1. The van der Waals surface area contributed by atoms with Gasteiger partial charge in [-0.05, 0) is 36.4 Å². The second kappa shape index (κ2) is 6.25. The van der Waals surface area contributed by atoms with Crippen LogP contribution >= 0.6 is 0 Å². The van der Waals surface area contributed by atoms with E-state index in [1.54, 1.807) is 16.7 Å². The van der Waals surface area contributed by atoms with Crippen LogP contribution in [0, 0.1) is 11.6 Å². The summed E-state index contributed by atoms with van der Waals surface area (Å²) in [6.45, 7) is 0.166. The molecule has 0 saturated carbocycles. The van der Waals surface area contributed by atoms with Crippen molar-refractivity contribution in [3.05, 3.63) is 48.0 Å². The molecule has 138 valence electrons. The minimum absolute atomic E-state index is 0.124. The van der Waals surface area contributed by atoms with E-state index in [4.69, 9.17) is 0 Å². The number of aliphatic hydroxyl groups is 1. The zero-order valence-corrected chi connectivity index (χ0v) is 13.9. The minimum atomic E-state index is -2.71. The number of halogens is 4. The molecule has 0 amide bonds. The van der Waals surface area contributed by atoms with E-state index in [1.165, 1.54) is 29.2 Å². The summed E-state index contributed by atoms with van der Waals surface area (Å²) >= 11 is 0. The van der Waals surface area contributed by atoms with Gasteiger partial charge < -0.3 is 9.67 Å². The molecule has 0 aliphatic carbocycles. The van der Waals surface area contributed by atoms with Gasteiger partial charge in [-0.15, -0.1) is 0 Å². The third kappa shape index (κ3) is 3.17. The zero-order valence-electron chi connectivity index (χ0n) is 13.9. The van der Waals surface area contributed by atoms with Crippen LogP contribution in [0.15, 0.2) is 36.4 Å². The number of β-amino-alcohol motifs (C(OH)–C–C–N with tert-alkyl or cyclic N) is 1. The number of aliphatic hydroxyl groups excluding tert-OH is 1. The van der Waals surface area contributed by atoms with Crippen molar-refractivity contribution in [3.63, 3.8) is 0 Å². The van der Waals surface area contributed by atoms with Gasteiger partial charge >= 0.3 is 0 Å². The van der Waals surface area contributed by atoms with Gasteiger partial charge in [-0.2, -0.15) is 0 Å². The first kappa shape index (κ1) is 17.3. The molecule has 1 fully saturated rings. The fourth-order valence-corrected chi connectivity index (χ4v) is 3.77. The number of benzene rings is 2. The van der Waals surface area contributed by atoms with Gasteiger partial charge in [-0.1, -0.05) is 0 Å². The Labute approximate surface area is 147 Å². The lowest BCUT2D eigenvalue weighted by molar-refractivity contribution is 0.00683. The third-order valence-corrected chi connectivity index (χ3v) is 4.90. The maximum Gasteiger partial charge on any atom is 0.261 e.